The molecule has 5 heteroatoms. The molecule has 0 unspecified atom stereocenters. The molecule has 1 fully saturated rings. The van der Waals surface area contributed by atoms with Crippen molar-refractivity contribution in [2.75, 3.05) is 58.3 Å². The van der Waals surface area contributed by atoms with Crippen LogP contribution < -0.4 is 10.2 Å². The predicted octanol–water partition coefficient (Wildman–Crippen LogP) is 2.92. The molecule has 0 aliphatic carbocycles. The maximum atomic E-state index is 12.4. The molecule has 3 rings (SSSR count). The summed E-state index contributed by atoms with van der Waals surface area (Å²) in [7, 11) is 4.01. The van der Waals surface area contributed by atoms with Crippen molar-refractivity contribution < 1.29 is 4.79 Å². The van der Waals surface area contributed by atoms with E-state index in [0.717, 1.165) is 44.8 Å². The van der Waals surface area contributed by atoms with Crippen LogP contribution in [0.15, 0.2) is 42.5 Å². The standard InChI is InChI=1S/C24H34N4O/c1-19-8-9-23(16-20(19)2)28-14-12-27(13-15-28)18-21-6-5-7-22(17-21)24(29)25-10-11-26(3)4/h5-9,16-17H,10-15,18H2,1-4H3,(H,25,29). The summed E-state index contributed by atoms with van der Waals surface area (Å²) in [6, 6.07) is 14.8. The molecule has 29 heavy (non-hydrogen) atoms. The molecule has 0 saturated carbocycles. The van der Waals surface area contributed by atoms with E-state index in [-0.39, 0.29) is 5.91 Å². The molecule has 1 N–H and O–H groups in total. The van der Waals surface area contributed by atoms with Crippen LogP contribution in [0.25, 0.3) is 0 Å². The lowest BCUT2D eigenvalue weighted by Crippen LogP contribution is -2.46. The average Bonchev–Trinajstić information content (AvgIpc) is 2.70. The summed E-state index contributed by atoms with van der Waals surface area (Å²) in [6.07, 6.45) is 0. The quantitative estimate of drug-likeness (QED) is 0.784. The second-order valence-electron chi connectivity index (χ2n) is 8.29. The second-order valence-corrected chi connectivity index (χ2v) is 8.29. The highest BCUT2D eigenvalue weighted by atomic mass is 16.1. The molecule has 0 bridgehead atoms. The van der Waals surface area contributed by atoms with Crippen molar-refractivity contribution in [2.45, 2.75) is 20.4 Å². The lowest BCUT2D eigenvalue weighted by Gasteiger charge is -2.36. The number of hydrogen-bond donors (Lipinski definition) is 1. The number of carbonyl (C=O) groups excluding carboxylic acids is 1. The van der Waals surface area contributed by atoms with E-state index in [2.05, 4.69) is 58.1 Å². The van der Waals surface area contributed by atoms with Gasteiger partial charge in [-0.3, -0.25) is 9.69 Å². The van der Waals surface area contributed by atoms with E-state index in [1.165, 1.54) is 22.4 Å². The number of likely N-dealkylation sites (N-methyl/N-ethyl adjacent to an activating group) is 1. The van der Waals surface area contributed by atoms with Crippen LogP contribution in [-0.4, -0.2) is 69.1 Å². The normalized spacial score (nSPS) is 15.0. The number of rotatable bonds is 7. The highest BCUT2D eigenvalue weighted by molar-refractivity contribution is 5.94. The van der Waals surface area contributed by atoms with Crippen molar-refractivity contribution >= 4 is 11.6 Å². The molecule has 2 aromatic carbocycles. The van der Waals surface area contributed by atoms with Crippen LogP contribution in [0, 0.1) is 13.8 Å². The smallest absolute Gasteiger partial charge is 0.251 e. The van der Waals surface area contributed by atoms with Gasteiger partial charge in [0.05, 0.1) is 0 Å². The van der Waals surface area contributed by atoms with Gasteiger partial charge in [-0.15, -0.1) is 0 Å². The number of nitrogens with zero attached hydrogens (tertiary/aromatic N) is 3. The summed E-state index contributed by atoms with van der Waals surface area (Å²) in [5.74, 6) is 0.00765. The molecular weight excluding hydrogens is 360 g/mol. The first kappa shape index (κ1) is 21.3. The van der Waals surface area contributed by atoms with Crippen LogP contribution in [0.1, 0.15) is 27.0 Å². The summed E-state index contributed by atoms with van der Waals surface area (Å²) in [6.45, 7) is 10.9. The number of amides is 1. The Labute approximate surface area is 175 Å². The Morgan fingerprint density at radius 1 is 1.00 bits per heavy atom. The lowest BCUT2D eigenvalue weighted by molar-refractivity contribution is 0.0951. The van der Waals surface area contributed by atoms with E-state index in [1.54, 1.807) is 0 Å². The molecule has 0 aromatic heterocycles. The Bertz CT molecular complexity index is 825. The van der Waals surface area contributed by atoms with Crippen molar-refractivity contribution in [2.24, 2.45) is 0 Å². The fourth-order valence-electron chi connectivity index (χ4n) is 3.65. The highest BCUT2D eigenvalue weighted by Crippen LogP contribution is 2.21. The minimum atomic E-state index is 0.00765. The maximum absolute atomic E-state index is 12.4. The minimum Gasteiger partial charge on any atom is -0.369 e. The van der Waals surface area contributed by atoms with Gasteiger partial charge in [0.15, 0.2) is 0 Å². The van der Waals surface area contributed by atoms with Gasteiger partial charge >= 0.3 is 0 Å². The van der Waals surface area contributed by atoms with E-state index in [1.807, 2.05) is 32.3 Å². The van der Waals surface area contributed by atoms with E-state index in [0.29, 0.717) is 6.54 Å². The Balaban J connectivity index is 1.52. The monoisotopic (exact) mass is 394 g/mol. The number of benzene rings is 2. The van der Waals surface area contributed by atoms with Gasteiger partial charge in [-0.05, 0) is 68.9 Å². The number of hydrogen-bond acceptors (Lipinski definition) is 4. The second kappa shape index (κ2) is 9.90. The third kappa shape index (κ3) is 6.05. The SMILES string of the molecule is Cc1ccc(N2CCN(Cc3cccc(C(=O)NCCN(C)C)c3)CC2)cc1C. The lowest BCUT2D eigenvalue weighted by atomic mass is 10.1. The summed E-state index contributed by atoms with van der Waals surface area (Å²) >= 11 is 0. The minimum absolute atomic E-state index is 0.00765. The predicted molar refractivity (Wildman–Crippen MR) is 121 cm³/mol. The molecule has 5 nitrogen and oxygen atoms in total. The molecule has 1 aliphatic heterocycles. The zero-order chi connectivity index (χ0) is 20.8. The van der Waals surface area contributed by atoms with E-state index in [9.17, 15) is 4.79 Å². The summed E-state index contributed by atoms with van der Waals surface area (Å²) < 4.78 is 0. The van der Waals surface area contributed by atoms with Gasteiger partial charge in [-0.2, -0.15) is 0 Å². The van der Waals surface area contributed by atoms with Crippen molar-refractivity contribution in [3.8, 4) is 0 Å². The van der Waals surface area contributed by atoms with Crippen LogP contribution in [-0.2, 0) is 6.54 Å². The van der Waals surface area contributed by atoms with Gasteiger partial charge in [0.25, 0.3) is 5.91 Å². The third-order valence-corrected chi connectivity index (χ3v) is 5.67. The molecule has 1 saturated heterocycles. The molecule has 0 radical (unpaired) electrons. The van der Waals surface area contributed by atoms with Gasteiger partial charge in [0.1, 0.15) is 0 Å². The molecule has 1 aliphatic rings. The van der Waals surface area contributed by atoms with Gasteiger partial charge < -0.3 is 15.1 Å². The number of piperazine rings is 1. The molecule has 1 amide bonds. The largest absolute Gasteiger partial charge is 0.369 e. The van der Waals surface area contributed by atoms with Crippen LogP contribution in [0.2, 0.25) is 0 Å². The van der Waals surface area contributed by atoms with Crippen LogP contribution >= 0.6 is 0 Å². The highest BCUT2D eigenvalue weighted by Gasteiger charge is 2.18. The van der Waals surface area contributed by atoms with E-state index >= 15 is 0 Å². The van der Waals surface area contributed by atoms with E-state index < -0.39 is 0 Å². The molecule has 156 valence electrons. The van der Waals surface area contributed by atoms with Crippen LogP contribution in [0.5, 0.6) is 0 Å². The zero-order valence-electron chi connectivity index (χ0n) is 18.2. The first-order valence-electron chi connectivity index (χ1n) is 10.5. The van der Waals surface area contributed by atoms with Crippen LogP contribution in [0.4, 0.5) is 5.69 Å². The first-order chi connectivity index (χ1) is 13.9. The summed E-state index contributed by atoms with van der Waals surface area (Å²) in [5.41, 5.74) is 5.97. The molecule has 0 atom stereocenters. The third-order valence-electron chi connectivity index (χ3n) is 5.67. The van der Waals surface area contributed by atoms with Crippen LogP contribution in [0.3, 0.4) is 0 Å². The van der Waals surface area contributed by atoms with E-state index in [4.69, 9.17) is 0 Å². The van der Waals surface area contributed by atoms with Crippen molar-refractivity contribution in [3.63, 3.8) is 0 Å². The molecule has 2 aromatic rings. The zero-order valence-corrected chi connectivity index (χ0v) is 18.2. The number of nitrogens with one attached hydrogen (secondary N) is 1. The fraction of sp³-hybridized carbons (Fsp3) is 0.458. The van der Waals surface area contributed by atoms with Gasteiger partial charge in [-0.25, -0.2) is 0 Å². The Hall–Kier alpha value is -2.37. The number of anilines is 1. The van der Waals surface area contributed by atoms with Crippen molar-refractivity contribution in [3.05, 3.63) is 64.7 Å². The molecular formula is C24H34N4O. The molecule has 1 heterocycles. The fourth-order valence-corrected chi connectivity index (χ4v) is 3.65. The van der Waals surface area contributed by atoms with Gasteiger partial charge in [0, 0.05) is 57.1 Å². The first-order valence-corrected chi connectivity index (χ1v) is 10.5. The Kier molecular flexibility index (Phi) is 7.29. The topological polar surface area (TPSA) is 38.8 Å². The average molecular weight is 395 g/mol. The van der Waals surface area contributed by atoms with Gasteiger partial charge in [-0.1, -0.05) is 18.2 Å². The Morgan fingerprint density at radius 2 is 1.76 bits per heavy atom. The number of aryl methyl sites for hydroxylation is 2. The van der Waals surface area contributed by atoms with Crippen molar-refractivity contribution in [1.29, 1.82) is 0 Å². The maximum Gasteiger partial charge on any atom is 0.251 e. The summed E-state index contributed by atoms with van der Waals surface area (Å²) in [4.78, 5) is 19.4. The van der Waals surface area contributed by atoms with Gasteiger partial charge in [0.2, 0.25) is 0 Å². The van der Waals surface area contributed by atoms with Crippen molar-refractivity contribution in [1.82, 2.24) is 15.1 Å². The number of carbonyl (C=O) groups is 1. The summed E-state index contributed by atoms with van der Waals surface area (Å²) in [5, 5.41) is 2.99. The molecule has 0 spiro atoms. The Morgan fingerprint density at radius 3 is 2.45 bits per heavy atom.